The van der Waals surface area contributed by atoms with Gasteiger partial charge in [-0.1, -0.05) is 17.7 Å². The number of halogens is 3. The van der Waals surface area contributed by atoms with Crippen molar-refractivity contribution in [2.75, 3.05) is 4.90 Å². The van der Waals surface area contributed by atoms with Gasteiger partial charge >= 0.3 is 6.61 Å². The highest BCUT2D eigenvalue weighted by Crippen LogP contribution is 2.44. The molecule has 2 amide bonds. The molecule has 0 saturated heterocycles. The van der Waals surface area contributed by atoms with Crippen molar-refractivity contribution in [1.82, 2.24) is 24.7 Å². The number of carbonyl (C=O) groups is 2. The predicted molar refractivity (Wildman–Crippen MR) is 178 cm³/mol. The van der Waals surface area contributed by atoms with E-state index < -0.39 is 24.2 Å². The Bertz CT molecular complexity index is 2100. The summed E-state index contributed by atoms with van der Waals surface area (Å²) in [4.78, 5) is 41.7. The molecule has 1 aliphatic carbocycles. The first-order valence-electron chi connectivity index (χ1n) is 15.8. The zero-order chi connectivity index (χ0) is 34.6. The van der Waals surface area contributed by atoms with Crippen LogP contribution in [-0.2, 0) is 17.8 Å². The highest BCUT2D eigenvalue weighted by atomic mass is 35.5. The van der Waals surface area contributed by atoms with Crippen LogP contribution in [0.3, 0.4) is 0 Å². The van der Waals surface area contributed by atoms with Gasteiger partial charge in [-0.2, -0.15) is 13.9 Å². The lowest BCUT2D eigenvalue weighted by Crippen LogP contribution is -2.52. The first-order valence-corrected chi connectivity index (χ1v) is 16.1. The molecule has 11 nitrogen and oxygen atoms in total. The molecule has 1 atom stereocenters. The molecule has 1 saturated carbocycles. The number of alkyl halides is 2. The van der Waals surface area contributed by atoms with Crippen LogP contribution in [0.4, 0.5) is 14.5 Å². The van der Waals surface area contributed by atoms with Gasteiger partial charge in [0.15, 0.2) is 11.2 Å². The van der Waals surface area contributed by atoms with Crippen molar-refractivity contribution in [2.45, 2.75) is 64.8 Å². The Hall–Kier alpha value is -5.17. The normalized spacial score (nSPS) is 16.1. The third-order valence-electron chi connectivity index (χ3n) is 8.83. The van der Waals surface area contributed by atoms with E-state index in [1.165, 1.54) is 18.5 Å². The smallest absolute Gasteiger partial charge is 0.388 e. The predicted octanol–water partition coefficient (Wildman–Crippen LogP) is 6.51. The summed E-state index contributed by atoms with van der Waals surface area (Å²) in [6, 6.07) is 11.5. The summed E-state index contributed by atoms with van der Waals surface area (Å²) in [7, 11) is 0. The molecule has 4 aromatic heterocycles. The SMILES string of the molecule is C[C@@H](c1ccnc(OC(F)F)c1)n1ncc2c(-c3ccc4c(c3)OC(C)(C)C(=O)N4Cc3ccc(Cl)cn3)c(C(N)=O)c(CC3CC3)nc21. The maximum atomic E-state index is 13.6. The Morgan fingerprint density at radius 2 is 1.94 bits per heavy atom. The molecule has 1 aromatic carbocycles. The molecule has 2 aliphatic rings. The van der Waals surface area contributed by atoms with E-state index in [-0.39, 0.29) is 23.9 Å². The summed E-state index contributed by atoms with van der Waals surface area (Å²) < 4.78 is 38.4. The topological polar surface area (TPSA) is 138 Å². The number of anilines is 1. The number of hydrogen-bond donors (Lipinski definition) is 1. The molecule has 1 fully saturated rings. The van der Waals surface area contributed by atoms with Gasteiger partial charge in [0, 0.05) is 29.4 Å². The second-order valence-electron chi connectivity index (χ2n) is 12.8. The molecule has 0 bridgehead atoms. The molecule has 0 spiro atoms. The zero-order valence-electron chi connectivity index (χ0n) is 26.9. The number of nitrogens with two attached hydrogens (primary N) is 1. The van der Waals surface area contributed by atoms with Gasteiger partial charge < -0.3 is 15.2 Å². The van der Waals surface area contributed by atoms with E-state index in [1.807, 2.05) is 13.0 Å². The molecule has 7 rings (SSSR count). The molecule has 5 aromatic rings. The van der Waals surface area contributed by atoms with Gasteiger partial charge in [0.2, 0.25) is 5.88 Å². The van der Waals surface area contributed by atoms with Crippen LogP contribution in [0.1, 0.15) is 67.0 Å². The standard InChI is InChI=1S/C35H32ClF2N7O4/c1-18(20-10-11-40-28(14-20)48-34(37)38)45-32-24(16-42-45)29(30(31(39)46)25(43-32)12-19-4-5-19)21-6-9-26-27(13-21)49-35(2,3)33(47)44(26)17-23-8-7-22(36)15-41-23/h6-11,13-16,18-19,34H,4-5,12,17H2,1-3H3,(H2,39,46)/t18-/m0/s1. The minimum absolute atomic E-state index is 0.191. The third-order valence-corrected chi connectivity index (χ3v) is 9.06. The summed E-state index contributed by atoms with van der Waals surface area (Å²) in [6.45, 7) is 2.42. The number of pyridine rings is 3. The number of carbonyl (C=O) groups excluding carboxylic acids is 2. The van der Waals surface area contributed by atoms with Crippen LogP contribution in [0, 0.1) is 5.92 Å². The Kier molecular flexibility index (Phi) is 8.18. The van der Waals surface area contributed by atoms with E-state index >= 15 is 0 Å². The van der Waals surface area contributed by atoms with Crippen molar-refractivity contribution in [2.24, 2.45) is 11.7 Å². The number of primary amides is 1. The molecule has 49 heavy (non-hydrogen) atoms. The van der Waals surface area contributed by atoms with Gasteiger partial charge in [-0.05, 0) is 87.4 Å². The van der Waals surface area contributed by atoms with Crippen molar-refractivity contribution in [1.29, 1.82) is 0 Å². The quantitative estimate of drug-likeness (QED) is 0.175. The highest BCUT2D eigenvalue weighted by Gasteiger charge is 2.41. The number of benzene rings is 1. The van der Waals surface area contributed by atoms with Crippen molar-refractivity contribution < 1.29 is 27.8 Å². The fraction of sp³-hybridized carbons (Fsp3) is 0.314. The number of aromatic nitrogens is 5. The fourth-order valence-corrected chi connectivity index (χ4v) is 6.34. The second kappa shape index (κ2) is 12.4. The van der Waals surface area contributed by atoms with Gasteiger partial charge in [0.05, 0.1) is 46.4 Å². The largest absolute Gasteiger partial charge is 0.476 e. The van der Waals surface area contributed by atoms with Crippen LogP contribution in [0.2, 0.25) is 5.02 Å². The summed E-state index contributed by atoms with van der Waals surface area (Å²) in [5, 5.41) is 5.71. The zero-order valence-corrected chi connectivity index (χ0v) is 27.6. The maximum Gasteiger partial charge on any atom is 0.388 e. The molecule has 1 aliphatic heterocycles. The van der Waals surface area contributed by atoms with Crippen molar-refractivity contribution in [3.8, 4) is 22.8 Å². The van der Waals surface area contributed by atoms with E-state index in [0.717, 1.165) is 12.8 Å². The molecule has 2 N–H and O–H groups in total. The third kappa shape index (κ3) is 6.26. The van der Waals surface area contributed by atoms with Gasteiger partial charge in [0.1, 0.15) is 5.75 Å². The second-order valence-corrected chi connectivity index (χ2v) is 13.2. The number of nitrogens with zero attached hydrogens (tertiary/aromatic N) is 6. The van der Waals surface area contributed by atoms with E-state index in [2.05, 4.69) is 19.8 Å². The average Bonchev–Trinajstić information content (AvgIpc) is 3.77. The van der Waals surface area contributed by atoms with E-state index in [4.69, 9.17) is 27.1 Å². The Morgan fingerprint density at radius 3 is 2.63 bits per heavy atom. The summed E-state index contributed by atoms with van der Waals surface area (Å²) in [6.07, 6.45) is 7.12. The average molecular weight is 688 g/mol. The Morgan fingerprint density at radius 1 is 1.14 bits per heavy atom. The minimum atomic E-state index is -3.02. The maximum absolute atomic E-state index is 13.6. The van der Waals surface area contributed by atoms with Crippen molar-refractivity contribution >= 4 is 40.1 Å². The van der Waals surface area contributed by atoms with Gasteiger partial charge in [-0.15, -0.1) is 0 Å². The molecule has 0 unspecified atom stereocenters. The van der Waals surface area contributed by atoms with Crippen LogP contribution in [0.25, 0.3) is 22.2 Å². The van der Waals surface area contributed by atoms with Crippen LogP contribution >= 0.6 is 11.6 Å². The summed E-state index contributed by atoms with van der Waals surface area (Å²) in [5.74, 6) is -0.287. The Labute approximate surface area is 285 Å². The van der Waals surface area contributed by atoms with Gasteiger partial charge in [0.25, 0.3) is 11.8 Å². The van der Waals surface area contributed by atoms with E-state index in [1.54, 1.807) is 60.0 Å². The molecule has 5 heterocycles. The summed E-state index contributed by atoms with van der Waals surface area (Å²) in [5.41, 5.74) is 9.16. The monoisotopic (exact) mass is 687 g/mol. The molecule has 252 valence electrons. The minimum Gasteiger partial charge on any atom is -0.476 e. The first kappa shape index (κ1) is 32.4. The highest BCUT2D eigenvalue weighted by molar-refractivity contribution is 6.30. The van der Waals surface area contributed by atoms with Crippen LogP contribution < -0.4 is 20.1 Å². The van der Waals surface area contributed by atoms with Crippen molar-refractivity contribution in [3.05, 3.63) is 88.6 Å². The number of amides is 2. The first-order chi connectivity index (χ1) is 23.4. The van der Waals surface area contributed by atoms with E-state index in [0.29, 0.717) is 67.9 Å². The number of fused-ring (bicyclic) bond motifs is 2. The number of hydrogen-bond acceptors (Lipinski definition) is 8. The lowest BCUT2D eigenvalue weighted by molar-refractivity contribution is -0.132. The van der Waals surface area contributed by atoms with Crippen LogP contribution in [-0.4, -0.2) is 48.8 Å². The summed E-state index contributed by atoms with van der Waals surface area (Å²) >= 11 is 6.04. The number of rotatable bonds is 10. The molecular formula is C35H32ClF2N7O4. The van der Waals surface area contributed by atoms with E-state index in [9.17, 15) is 18.4 Å². The molecular weight excluding hydrogens is 656 g/mol. The fourth-order valence-electron chi connectivity index (χ4n) is 6.23. The van der Waals surface area contributed by atoms with Crippen molar-refractivity contribution in [3.63, 3.8) is 0 Å². The van der Waals surface area contributed by atoms with Crippen LogP contribution in [0.15, 0.2) is 61.1 Å². The Balaban J connectivity index is 1.37. The van der Waals surface area contributed by atoms with Crippen LogP contribution in [0.5, 0.6) is 11.6 Å². The number of ether oxygens (including phenoxy) is 2. The van der Waals surface area contributed by atoms with Gasteiger partial charge in [-0.3, -0.25) is 19.5 Å². The lowest BCUT2D eigenvalue weighted by atomic mass is 9.92. The molecule has 14 heteroatoms. The van der Waals surface area contributed by atoms with Gasteiger partial charge in [-0.25, -0.2) is 14.6 Å². The lowest BCUT2D eigenvalue weighted by Gasteiger charge is -2.39. The molecule has 0 radical (unpaired) electrons.